The lowest BCUT2D eigenvalue weighted by Gasteiger charge is -2.01. The van der Waals surface area contributed by atoms with Crippen molar-refractivity contribution in [3.05, 3.63) is 87.5 Å². The van der Waals surface area contributed by atoms with Gasteiger partial charge in [-0.25, -0.2) is 9.79 Å². The molecule has 3 nitrogen and oxygen atoms in total. The predicted molar refractivity (Wildman–Crippen MR) is 94.9 cm³/mol. The highest BCUT2D eigenvalue weighted by atomic mass is 79.9. The molecule has 2 aromatic rings. The number of esters is 1. The van der Waals surface area contributed by atoms with Crippen LogP contribution >= 0.6 is 15.9 Å². The molecule has 0 bridgehead atoms. The molecule has 0 fully saturated rings. The SMILES string of the molecule is CC(/C=C1\N=C(c2ccccc2Br)OC1=O)=C\c1ccccc1. The number of nitrogens with zero attached hydrogens (tertiary/aromatic N) is 1. The lowest BCUT2D eigenvalue weighted by atomic mass is 10.1. The van der Waals surface area contributed by atoms with Gasteiger partial charge in [-0.2, -0.15) is 0 Å². The minimum absolute atomic E-state index is 0.306. The van der Waals surface area contributed by atoms with Crippen molar-refractivity contribution < 1.29 is 9.53 Å². The van der Waals surface area contributed by atoms with Crippen molar-refractivity contribution in [3.63, 3.8) is 0 Å². The molecule has 0 amide bonds. The van der Waals surface area contributed by atoms with Gasteiger partial charge in [0.15, 0.2) is 5.70 Å². The average Bonchev–Trinajstić information content (AvgIpc) is 2.89. The maximum Gasteiger partial charge on any atom is 0.363 e. The zero-order valence-electron chi connectivity index (χ0n) is 12.5. The van der Waals surface area contributed by atoms with Gasteiger partial charge < -0.3 is 4.74 Å². The van der Waals surface area contributed by atoms with Gasteiger partial charge in [-0.15, -0.1) is 0 Å². The molecular weight excluding hydrogens is 354 g/mol. The molecule has 0 aliphatic carbocycles. The summed E-state index contributed by atoms with van der Waals surface area (Å²) >= 11 is 3.44. The Morgan fingerprint density at radius 1 is 1.09 bits per heavy atom. The fraction of sp³-hybridized carbons (Fsp3) is 0.0526. The van der Waals surface area contributed by atoms with Gasteiger partial charge in [0.05, 0.1) is 5.56 Å². The molecule has 114 valence electrons. The first kappa shape index (κ1) is 15.4. The Labute approximate surface area is 143 Å². The Bertz CT molecular complexity index is 835. The zero-order chi connectivity index (χ0) is 16.2. The molecule has 1 aliphatic heterocycles. The summed E-state index contributed by atoms with van der Waals surface area (Å²) in [5.41, 5.74) is 3.07. The van der Waals surface area contributed by atoms with Crippen LogP contribution in [0, 0.1) is 0 Å². The van der Waals surface area contributed by atoms with Gasteiger partial charge in [-0.05, 0) is 52.2 Å². The van der Waals surface area contributed by atoms with Crippen LogP contribution in [0.2, 0.25) is 0 Å². The first-order valence-corrected chi connectivity index (χ1v) is 7.93. The van der Waals surface area contributed by atoms with Gasteiger partial charge in [0.2, 0.25) is 5.90 Å². The van der Waals surface area contributed by atoms with Gasteiger partial charge in [-0.3, -0.25) is 0 Å². The van der Waals surface area contributed by atoms with Crippen molar-refractivity contribution in [2.45, 2.75) is 6.92 Å². The zero-order valence-corrected chi connectivity index (χ0v) is 14.1. The summed E-state index contributed by atoms with van der Waals surface area (Å²) in [6, 6.07) is 17.4. The third-order valence-electron chi connectivity index (χ3n) is 3.28. The van der Waals surface area contributed by atoms with E-state index < -0.39 is 5.97 Å². The number of cyclic esters (lactones) is 1. The van der Waals surface area contributed by atoms with Gasteiger partial charge in [0, 0.05) is 4.47 Å². The van der Waals surface area contributed by atoms with Gasteiger partial charge >= 0.3 is 5.97 Å². The van der Waals surface area contributed by atoms with E-state index in [9.17, 15) is 4.79 Å². The Morgan fingerprint density at radius 3 is 2.52 bits per heavy atom. The van der Waals surface area contributed by atoms with E-state index in [1.54, 1.807) is 6.08 Å². The van der Waals surface area contributed by atoms with Crippen LogP contribution in [-0.4, -0.2) is 11.9 Å². The van der Waals surface area contributed by atoms with Gasteiger partial charge in [0.1, 0.15) is 0 Å². The second-order valence-electron chi connectivity index (χ2n) is 5.11. The Kier molecular flexibility index (Phi) is 4.53. The fourth-order valence-electron chi connectivity index (χ4n) is 2.23. The first-order valence-electron chi connectivity index (χ1n) is 7.14. The summed E-state index contributed by atoms with van der Waals surface area (Å²) in [5, 5.41) is 0. The number of rotatable bonds is 3. The summed E-state index contributed by atoms with van der Waals surface area (Å²) in [7, 11) is 0. The lowest BCUT2D eigenvalue weighted by molar-refractivity contribution is -0.130. The topological polar surface area (TPSA) is 38.7 Å². The van der Waals surface area contributed by atoms with Crippen molar-refractivity contribution >= 4 is 33.9 Å². The molecule has 0 spiro atoms. The van der Waals surface area contributed by atoms with E-state index in [0.717, 1.165) is 21.2 Å². The van der Waals surface area contributed by atoms with E-state index in [1.165, 1.54) is 0 Å². The molecule has 0 saturated heterocycles. The molecule has 2 aromatic carbocycles. The molecule has 0 N–H and O–H groups in total. The molecule has 0 radical (unpaired) electrons. The molecule has 0 saturated carbocycles. The first-order chi connectivity index (χ1) is 11.1. The number of allylic oxidation sites excluding steroid dienone is 2. The van der Waals surface area contributed by atoms with Crippen LogP contribution in [0.25, 0.3) is 6.08 Å². The number of benzene rings is 2. The van der Waals surface area contributed by atoms with E-state index in [1.807, 2.05) is 67.6 Å². The summed E-state index contributed by atoms with van der Waals surface area (Å²) in [6.45, 7) is 1.93. The van der Waals surface area contributed by atoms with Crippen molar-refractivity contribution in [3.8, 4) is 0 Å². The van der Waals surface area contributed by atoms with Crippen LogP contribution in [0.3, 0.4) is 0 Å². The molecule has 1 aliphatic rings. The van der Waals surface area contributed by atoms with Gasteiger partial charge in [-0.1, -0.05) is 48.5 Å². The minimum Gasteiger partial charge on any atom is -0.402 e. The quantitative estimate of drug-likeness (QED) is 0.580. The lowest BCUT2D eigenvalue weighted by Crippen LogP contribution is -2.05. The molecule has 3 rings (SSSR count). The molecule has 0 unspecified atom stereocenters. The summed E-state index contributed by atoms with van der Waals surface area (Å²) < 4.78 is 6.11. The van der Waals surface area contributed by atoms with Crippen LogP contribution in [0.5, 0.6) is 0 Å². The van der Waals surface area contributed by atoms with E-state index >= 15 is 0 Å². The number of halogens is 1. The molecule has 23 heavy (non-hydrogen) atoms. The average molecular weight is 368 g/mol. The summed E-state index contributed by atoms with van der Waals surface area (Å²) in [4.78, 5) is 16.3. The molecular formula is C19H14BrNO2. The molecule has 0 atom stereocenters. The highest BCUT2D eigenvalue weighted by molar-refractivity contribution is 9.10. The number of carbonyl (C=O) groups is 1. The number of carbonyl (C=O) groups excluding carboxylic acids is 1. The number of ether oxygens (including phenoxy) is 1. The van der Waals surface area contributed by atoms with Crippen molar-refractivity contribution in [2.75, 3.05) is 0 Å². The highest BCUT2D eigenvalue weighted by Gasteiger charge is 2.25. The molecule has 0 aromatic heterocycles. The second kappa shape index (κ2) is 6.75. The van der Waals surface area contributed by atoms with Gasteiger partial charge in [0.25, 0.3) is 0 Å². The summed E-state index contributed by atoms with van der Waals surface area (Å²) in [6.07, 6.45) is 3.73. The van der Waals surface area contributed by atoms with Crippen molar-refractivity contribution in [1.29, 1.82) is 0 Å². The summed E-state index contributed by atoms with van der Waals surface area (Å²) in [5.74, 6) is -0.113. The monoisotopic (exact) mass is 367 g/mol. The number of hydrogen-bond donors (Lipinski definition) is 0. The van der Waals surface area contributed by atoms with Crippen LogP contribution < -0.4 is 0 Å². The molecule has 4 heteroatoms. The molecule has 1 heterocycles. The third kappa shape index (κ3) is 3.66. The number of aliphatic imine (C=N–C) groups is 1. The van der Waals surface area contributed by atoms with Crippen LogP contribution in [0.1, 0.15) is 18.1 Å². The van der Waals surface area contributed by atoms with Crippen LogP contribution in [0.15, 0.2) is 81.4 Å². The van der Waals surface area contributed by atoms with Crippen molar-refractivity contribution in [2.24, 2.45) is 4.99 Å². The Balaban J connectivity index is 1.89. The Hall–Kier alpha value is -2.46. The second-order valence-corrected chi connectivity index (χ2v) is 5.97. The maximum absolute atomic E-state index is 12.0. The van der Waals surface area contributed by atoms with E-state index in [2.05, 4.69) is 20.9 Å². The standard InChI is InChI=1S/C19H14BrNO2/c1-13(11-14-7-3-2-4-8-14)12-17-19(22)23-18(21-17)15-9-5-6-10-16(15)20/h2-12H,1H3/b13-11+,17-12-. The van der Waals surface area contributed by atoms with E-state index in [-0.39, 0.29) is 0 Å². The number of hydrogen-bond acceptors (Lipinski definition) is 3. The van der Waals surface area contributed by atoms with E-state index in [4.69, 9.17) is 4.74 Å². The maximum atomic E-state index is 12.0. The predicted octanol–water partition coefficient (Wildman–Crippen LogP) is 4.74. The Morgan fingerprint density at radius 2 is 1.78 bits per heavy atom. The fourth-order valence-corrected chi connectivity index (χ4v) is 2.68. The normalized spacial score (nSPS) is 16.4. The van der Waals surface area contributed by atoms with Crippen LogP contribution in [-0.2, 0) is 9.53 Å². The smallest absolute Gasteiger partial charge is 0.363 e. The minimum atomic E-state index is -0.434. The van der Waals surface area contributed by atoms with Crippen LogP contribution in [0.4, 0.5) is 0 Å². The van der Waals surface area contributed by atoms with E-state index in [0.29, 0.717) is 11.6 Å². The highest BCUT2D eigenvalue weighted by Crippen LogP contribution is 2.23. The van der Waals surface area contributed by atoms with Crippen molar-refractivity contribution in [1.82, 2.24) is 0 Å². The largest absolute Gasteiger partial charge is 0.402 e. The third-order valence-corrected chi connectivity index (χ3v) is 3.97.